The number of ether oxygens (including phenoxy) is 1. The Morgan fingerprint density at radius 2 is 1.94 bits per heavy atom. The molecule has 0 radical (unpaired) electrons. The van der Waals surface area contributed by atoms with Crippen molar-refractivity contribution in [1.29, 1.82) is 0 Å². The molecule has 0 unspecified atom stereocenters. The molecule has 0 fully saturated rings. The second-order valence-electron chi connectivity index (χ2n) is 3.86. The average molecular weight is 238 g/mol. The van der Waals surface area contributed by atoms with Gasteiger partial charge in [-0.15, -0.1) is 0 Å². The molecule has 4 heteroatoms. The highest BCUT2D eigenvalue weighted by molar-refractivity contribution is 5.90. The van der Waals surface area contributed by atoms with Gasteiger partial charge in [0.15, 0.2) is 0 Å². The second-order valence-corrected chi connectivity index (χ2v) is 3.86. The van der Waals surface area contributed by atoms with Crippen LogP contribution in [0.25, 0.3) is 6.08 Å². The van der Waals surface area contributed by atoms with Crippen molar-refractivity contribution < 1.29 is 19.0 Å². The summed E-state index contributed by atoms with van der Waals surface area (Å²) >= 11 is 0. The monoisotopic (exact) mass is 238 g/mol. The molecular weight excluding hydrogens is 223 g/mol. The molecule has 0 bridgehead atoms. The van der Waals surface area contributed by atoms with Gasteiger partial charge in [0.05, 0.1) is 7.11 Å². The Morgan fingerprint density at radius 3 is 2.41 bits per heavy atom. The normalized spacial score (nSPS) is 11.5. The summed E-state index contributed by atoms with van der Waals surface area (Å²) in [5.41, 5.74) is 3.06. The van der Waals surface area contributed by atoms with Crippen LogP contribution in [0.4, 0.5) is 4.39 Å². The van der Waals surface area contributed by atoms with Crippen molar-refractivity contribution >= 4 is 12.0 Å². The second kappa shape index (κ2) is 4.99. The summed E-state index contributed by atoms with van der Waals surface area (Å²) in [6, 6.07) is 1.77. The quantitative estimate of drug-likeness (QED) is 0.823. The summed E-state index contributed by atoms with van der Waals surface area (Å²) in [6.07, 6.45) is 1.04. The van der Waals surface area contributed by atoms with Crippen molar-refractivity contribution in [2.45, 2.75) is 20.8 Å². The Morgan fingerprint density at radius 1 is 1.35 bits per heavy atom. The fraction of sp³-hybridized carbons (Fsp3) is 0.308. The third-order valence-electron chi connectivity index (χ3n) is 2.80. The molecule has 0 amide bonds. The van der Waals surface area contributed by atoms with Gasteiger partial charge in [-0.3, -0.25) is 0 Å². The van der Waals surface area contributed by atoms with Gasteiger partial charge < -0.3 is 9.84 Å². The number of carboxylic acid groups (broad SMARTS) is 1. The summed E-state index contributed by atoms with van der Waals surface area (Å²) in [6.45, 7) is 5.45. The summed E-state index contributed by atoms with van der Waals surface area (Å²) in [7, 11) is 1.56. The molecule has 0 aromatic heterocycles. The minimum absolute atomic E-state index is 0.586. The third kappa shape index (κ3) is 2.64. The lowest BCUT2D eigenvalue weighted by Gasteiger charge is -2.13. The Balaban J connectivity index is 3.41. The largest absolute Gasteiger partial charge is 0.496 e. The first-order valence-corrected chi connectivity index (χ1v) is 5.13. The summed E-state index contributed by atoms with van der Waals surface area (Å²) in [5.74, 6) is -2.01. The Hall–Kier alpha value is -1.84. The van der Waals surface area contributed by atoms with Crippen molar-refractivity contribution in [3.8, 4) is 5.75 Å². The van der Waals surface area contributed by atoms with Crippen LogP contribution < -0.4 is 4.74 Å². The lowest BCUT2D eigenvalue weighted by atomic mass is 9.97. The zero-order valence-corrected chi connectivity index (χ0v) is 10.3. The molecule has 17 heavy (non-hydrogen) atoms. The molecule has 0 atom stereocenters. The average Bonchev–Trinajstić information content (AvgIpc) is 2.28. The fourth-order valence-corrected chi connectivity index (χ4v) is 1.69. The minimum atomic E-state index is -1.56. The highest BCUT2D eigenvalue weighted by Crippen LogP contribution is 2.29. The minimum Gasteiger partial charge on any atom is -0.496 e. The lowest BCUT2D eigenvalue weighted by Crippen LogP contribution is -1.99. The Kier molecular flexibility index (Phi) is 3.89. The highest BCUT2D eigenvalue weighted by atomic mass is 19.1. The highest BCUT2D eigenvalue weighted by Gasteiger charge is 2.12. The molecular formula is C13H15FO3. The Labute approximate surface area is 99.5 Å². The molecule has 92 valence electrons. The van der Waals surface area contributed by atoms with E-state index in [4.69, 9.17) is 9.84 Å². The van der Waals surface area contributed by atoms with E-state index in [9.17, 15) is 9.18 Å². The van der Waals surface area contributed by atoms with E-state index in [0.29, 0.717) is 11.3 Å². The standard InChI is InChI=1S/C13H15FO3/c1-7-5-12(17-4)9(3)8(2)10(7)6-11(14)13(15)16/h5-6H,1-4H3,(H,15,16)/b11-6-. The van der Waals surface area contributed by atoms with Crippen molar-refractivity contribution in [3.05, 3.63) is 34.1 Å². The van der Waals surface area contributed by atoms with Gasteiger partial charge in [0, 0.05) is 0 Å². The number of halogens is 1. The molecule has 0 aliphatic rings. The van der Waals surface area contributed by atoms with Gasteiger partial charge >= 0.3 is 5.97 Å². The molecule has 1 N–H and O–H groups in total. The van der Waals surface area contributed by atoms with Crippen molar-refractivity contribution in [3.63, 3.8) is 0 Å². The van der Waals surface area contributed by atoms with Gasteiger partial charge in [0.25, 0.3) is 0 Å². The van der Waals surface area contributed by atoms with E-state index in [1.807, 2.05) is 13.8 Å². The first kappa shape index (κ1) is 13.2. The summed E-state index contributed by atoms with van der Waals surface area (Å²) in [5, 5.41) is 8.53. The number of benzene rings is 1. The number of rotatable bonds is 3. The zero-order chi connectivity index (χ0) is 13.2. The molecule has 0 spiro atoms. The molecule has 0 saturated carbocycles. The van der Waals surface area contributed by atoms with Crippen molar-refractivity contribution in [2.75, 3.05) is 7.11 Å². The topological polar surface area (TPSA) is 46.5 Å². The van der Waals surface area contributed by atoms with Gasteiger partial charge in [-0.1, -0.05) is 0 Å². The molecule has 1 rings (SSSR count). The van der Waals surface area contributed by atoms with Crippen molar-refractivity contribution in [1.82, 2.24) is 0 Å². The first-order chi connectivity index (χ1) is 7.88. The SMILES string of the molecule is COc1cc(C)c(/C=C(\F)C(=O)O)c(C)c1C. The van der Waals surface area contributed by atoms with Crippen LogP contribution in [0.5, 0.6) is 5.75 Å². The van der Waals surface area contributed by atoms with E-state index >= 15 is 0 Å². The number of carboxylic acids is 1. The van der Waals surface area contributed by atoms with Crippen molar-refractivity contribution in [2.24, 2.45) is 0 Å². The lowest BCUT2D eigenvalue weighted by molar-refractivity contribution is -0.134. The summed E-state index contributed by atoms with van der Waals surface area (Å²) < 4.78 is 18.3. The van der Waals surface area contributed by atoms with Crippen LogP contribution in [0.2, 0.25) is 0 Å². The van der Waals surface area contributed by atoms with E-state index in [-0.39, 0.29) is 0 Å². The van der Waals surface area contributed by atoms with Crippen LogP contribution >= 0.6 is 0 Å². The van der Waals surface area contributed by atoms with Gasteiger partial charge in [0.1, 0.15) is 5.75 Å². The maximum absolute atomic E-state index is 13.1. The molecule has 0 heterocycles. The van der Waals surface area contributed by atoms with Crippen LogP contribution in [0, 0.1) is 20.8 Å². The number of hydrogen-bond donors (Lipinski definition) is 1. The number of hydrogen-bond acceptors (Lipinski definition) is 2. The number of aryl methyl sites for hydroxylation is 1. The molecule has 0 aliphatic carbocycles. The maximum atomic E-state index is 13.1. The maximum Gasteiger partial charge on any atom is 0.364 e. The van der Waals surface area contributed by atoms with E-state index in [2.05, 4.69) is 0 Å². The molecule has 3 nitrogen and oxygen atoms in total. The number of methoxy groups -OCH3 is 1. The molecule has 1 aromatic carbocycles. The molecule has 1 aromatic rings. The third-order valence-corrected chi connectivity index (χ3v) is 2.80. The predicted octanol–water partition coefficient (Wildman–Crippen LogP) is 3.02. The van der Waals surface area contributed by atoms with Gasteiger partial charge in [-0.2, -0.15) is 4.39 Å². The number of aliphatic carboxylic acids is 1. The van der Waals surface area contributed by atoms with Crippen LogP contribution in [-0.4, -0.2) is 18.2 Å². The first-order valence-electron chi connectivity index (χ1n) is 5.13. The van der Waals surface area contributed by atoms with Crippen LogP contribution in [-0.2, 0) is 4.79 Å². The van der Waals surface area contributed by atoms with Gasteiger partial charge in [0.2, 0.25) is 5.83 Å². The fourth-order valence-electron chi connectivity index (χ4n) is 1.69. The van der Waals surface area contributed by atoms with E-state index in [1.54, 1.807) is 20.1 Å². The van der Waals surface area contributed by atoms with Crippen LogP contribution in [0.1, 0.15) is 22.3 Å². The molecule has 0 saturated heterocycles. The molecule has 0 aliphatic heterocycles. The van der Waals surface area contributed by atoms with Gasteiger partial charge in [-0.05, 0) is 55.2 Å². The zero-order valence-electron chi connectivity index (χ0n) is 10.3. The summed E-state index contributed by atoms with van der Waals surface area (Å²) in [4.78, 5) is 10.5. The Bertz CT molecular complexity index is 490. The van der Waals surface area contributed by atoms with E-state index in [0.717, 1.165) is 22.8 Å². The van der Waals surface area contributed by atoms with Crippen LogP contribution in [0.3, 0.4) is 0 Å². The number of carbonyl (C=O) groups is 1. The van der Waals surface area contributed by atoms with E-state index in [1.165, 1.54) is 0 Å². The predicted molar refractivity (Wildman–Crippen MR) is 63.9 cm³/mol. The smallest absolute Gasteiger partial charge is 0.364 e. The van der Waals surface area contributed by atoms with E-state index < -0.39 is 11.8 Å². The van der Waals surface area contributed by atoms with Gasteiger partial charge in [-0.25, -0.2) is 4.79 Å². The van der Waals surface area contributed by atoms with Crippen LogP contribution in [0.15, 0.2) is 11.9 Å².